The molecule has 0 radical (unpaired) electrons. The van der Waals surface area contributed by atoms with Crippen LogP contribution in [-0.4, -0.2) is 36.7 Å². The number of hydrogen-bond acceptors (Lipinski definition) is 5. The molecule has 0 aliphatic carbocycles. The first-order valence-corrected chi connectivity index (χ1v) is 7.88. The normalized spacial score (nSPS) is 16.1. The molecule has 0 saturated heterocycles. The van der Waals surface area contributed by atoms with Crippen molar-refractivity contribution in [1.29, 1.82) is 0 Å². The molecule has 2 heterocycles. The molecule has 1 aromatic heterocycles. The zero-order valence-corrected chi connectivity index (χ0v) is 13.2. The molecule has 1 atom stereocenters. The molecule has 1 aromatic carbocycles. The van der Waals surface area contributed by atoms with E-state index in [1.165, 1.54) is 6.07 Å². The van der Waals surface area contributed by atoms with Gasteiger partial charge in [-0.05, 0) is 23.9 Å². The van der Waals surface area contributed by atoms with E-state index in [1.54, 1.807) is 12.5 Å². The maximum Gasteiger partial charge on any atom is 0.346 e. The largest absolute Gasteiger partial charge is 0.493 e. The predicted octanol–water partition coefficient (Wildman–Crippen LogP) is 2.19. The van der Waals surface area contributed by atoms with Crippen LogP contribution < -0.4 is 14.8 Å². The molecule has 0 spiro atoms. The van der Waals surface area contributed by atoms with E-state index in [0.29, 0.717) is 24.5 Å². The summed E-state index contributed by atoms with van der Waals surface area (Å²) in [5.74, 6) is -0.135. The Kier molecular flexibility index (Phi) is 4.20. The second kappa shape index (κ2) is 6.29. The Morgan fingerprint density at radius 2 is 2.22 bits per heavy atom. The van der Waals surface area contributed by atoms with E-state index in [4.69, 9.17) is 14.6 Å². The van der Waals surface area contributed by atoms with Crippen molar-refractivity contribution in [3.05, 3.63) is 45.6 Å². The van der Waals surface area contributed by atoms with Gasteiger partial charge in [0.25, 0.3) is 5.91 Å². The van der Waals surface area contributed by atoms with Crippen LogP contribution in [0.2, 0.25) is 0 Å². The summed E-state index contributed by atoms with van der Waals surface area (Å²) in [5, 5.41) is 13.5. The molecule has 7 heteroatoms. The second-order valence-electron chi connectivity index (χ2n) is 5.10. The molecule has 0 saturated carbocycles. The Hall–Kier alpha value is -2.54. The third kappa shape index (κ3) is 3.00. The van der Waals surface area contributed by atoms with Gasteiger partial charge in [-0.25, -0.2) is 4.79 Å². The van der Waals surface area contributed by atoms with Gasteiger partial charge in [0.15, 0.2) is 11.5 Å². The van der Waals surface area contributed by atoms with Crippen molar-refractivity contribution in [1.82, 2.24) is 5.32 Å². The second-order valence-corrected chi connectivity index (χ2v) is 6.02. The molecule has 120 valence electrons. The Morgan fingerprint density at radius 1 is 1.39 bits per heavy atom. The number of hydrogen-bond donors (Lipinski definition) is 2. The average molecular weight is 333 g/mol. The number of carboxylic acids is 1. The maximum atomic E-state index is 12.3. The van der Waals surface area contributed by atoms with Crippen LogP contribution in [0.15, 0.2) is 29.6 Å². The number of benzene rings is 1. The van der Waals surface area contributed by atoms with Crippen LogP contribution in [0.4, 0.5) is 0 Å². The minimum Gasteiger partial charge on any atom is -0.493 e. The van der Waals surface area contributed by atoms with Gasteiger partial charge in [-0.3, -0.25) is 4.79 Å². The van der Waals surface area contributed by atoms with Gasteiger partial charge in [-0.15, -0.1) is 11.3 Å². The molecule has 3 rings (SSSR count). The summed E-state index contributed by atoms with van der Waals surface area (Å²) in [7, 11) is 1.58. The van der Waals surface area contributed by atoms with Crippen molar-refractivity contribution in [2.45, 2.75) is 12.5 Å². The van der Waals surface area contributed by atoms with E-state index in [1.807, 2.05) is 18.2 Å². The van der Waals surface area contributed by atoms with Crippen LogP contribution in [-0.2, 0) is 6.42 Å². The lowest BCUT2D eigenvalue weighted by Gasteiger charge is -2.27. The van der Waals surface area contributed by atoms with Crippen LogP contribution in [0.1, 0.15) is 25.6 Å². The molecule has 1 unspecified atom stereocenters. The number of methoxy groups -OCH3 is 1. The molecule has 1 aliphatic rings. The number of nitrogens with one attached hydrogen (secondary N) is 1. The molecule has 23 heavy (non-hydrogen) atoms. The Labute approximate surface area is 136 Å². The fourth-order valence-corrected chi connectivity index (χ4v) is 3.29. The minimum absolute atomic E-state index is 0.0429. The summed E-state index contributed by atoms with van der Waals surface area (Å²) in [6, 6.07) is 6.91. The average Bonchev–Trinajstić information content (AvgIpc) is 3.04. The topological polar surface area (TPSA) is 84.9 Å². The standard InChI is InChI=1S/C16H15NO5S/c1-21-12-4-2-3-9-7-10(8-22-13(9)12)17-15(18)11-5-6-23-14(11)16(19)20/h2-6,10H,7-8H2,1H3,(H,17,18)(H,19,20). The summed E-state index contributed by atoms with van der Waals surface area (Å²) >= 11 is 1.03. The lowest BCUT2D eigenvalue weighted by molar-refractivity contribution is 0.0695. The first-order chi connectivity index (χ1) is 11.1. The highest BCUT2D eigenvalue weighted by Gasteiger charge is 2.26. The fourth-order valence-electron chi connectivity index (χ4n) is 2.56. The number of amides is 1. The van der Waals surface area contributed by atoms with E-state index in [9.17, 15) is 9.59 Å². The molecule has 6 nitrogen and oxygen atoms in total. The van der Waals surface area contributed by atoms with Crippen LogP contribution in [0.5, 0.6) is 11.5 Å². The molecular formula is C16H15NO5S. The van der Waals surface area contributed by atoms with Crippen molar-refractivity contribution in [3.8, 4) is 11.5 Å². The molecule has 2 N–H and O–H groups in total. The quantitative estimate of drug-likeness (QED) is 0.896. The first-order valence-electron chi connectivity index (χ1n) is 7.00. The fraction of sp³-hybridized carbons (Fsp3) is 0.250. The highest BCUT2D eigenvalue weighted by molar-refractivity contribution is 7.12. The number of rotatable bonds is 4. The summed E-state index contributed by atoms with van der Waals surface area (Å²) in [5.41, 5.74) is 1.13. The van der Waals surface area contributed by atoms with Gasteiger partial charge in [-0.2, -0.15) is 0 Å². The highest BCUT2D eigenvalue weighted by Crippen LogP contribution is 2.34. The monoisotopic (exact) mass is 333 g/mol. The molecule has 0 bridgehead atoms. The van der Waals surface area contributed by atoms with Crippen molar-refractivity contribution < 1.29 is 24.2 Å². The first kappa shape index (κ1) is 15.4. The van der Waals surface area contributed by atoms with Crippen molar-refractivity contribution in [2.75, 3.05) is 13.7 Å². The van der Waals surface area contributed by atoms with Crippen molar-refractivity contribution in [2.24, 2.45) is 0 Å². The van der Waals surface area contributed by atoms with Gasteiger partial charge < -0.3 is 19.9 Å². The molecule has 1 amide bonds. The summed E-state index contributed by atoms with van der Waals surface area (Å²) in [6.45, 7) is 0.311. The number of fused-ring (bicyclic) bond motifs is 1. The lowest BCUT2D eigenvalue weighted by atomic mass is 10.0. The van der Waals surface area contributed by atoms with Gasteiger partial charge in [-0.1, -0.05) is 12.1 Å². The predicted molar refractivity (Wildman–Crippen MR) is 84.7 cm³/mol. The third-order valence-electron chi connectivity index (χ3n) is 3.61. The van der Waals surface area contributed by atoms with Crippen molar-refractivity contribution >= 4 is 23.2 Å². The summed E-state index contributed by atoms with van der Waals surface area (Å²) < 4.78 is 11.0. The highest BCUT2D eigenvalue weighted by atomic mass is 32.1. The van der Waals surface area contributed by atoms with E-state index in [-0.39, 0.29) is 16.5 Å². The number of ether oxygens (including phenoxy) is 2. The number of aromatic carboxylic acids is 1. The van der Waals surface area contributed by atoms with Gasteiger partial charge in [0.2, 0.25) is 0 Å². The lowest BCUT2D eigenvalue weighted by Crippen LogP contribution is -2.43. The molecule has 1 aliphatic heterocycles. The number of carbonyl (C=O) groups excluding carboxylic acids is 1. The molecule has 2 aromatic rings. The van der Waals surface area contributed by atoms with Gasteiger partial charge >= 0.3 is 5.97 Å². The summed E-state index contributed by atoms with van der Waals surface area (Å²) in [6.07, 6.45) is 0.602. The van der Waals surface area contributed by atoms with Crippen molar-refractivity contribution in [3.63, 3.8) is 0 Å². The molecular weight excluding hydrogens is 318 g/mol. The van der Waals surface area contributed by atoms with Crippen LogP contribution in [0.3, 0.4) is 0 Å². The van der Waals surface area contributed by atoms with Crippen LogP contribution in [0, 0.1) is 0 Å². The van der Waals surface area contributed by atoms with Gasteiger partial charge in [0, 0.05) is 5.56 Å². The maximum absolute atomic E-state index is 12.3. The van der Waals surface area contributed by atoms with Gasteiger partial charge in [0.1, 0.15) is 11.5 Å². The van der Waals surface area contributed by atoms with E-state index >= 15 is 0 Å². The Bertz CT molecular complexity index is 755. The third-order valence-corrected chi connectivity index (χ3v) is 4.52. The number of carboxylic acid groups (broad SMARTS) is 1. The number of para-hydroxylation sites is 1. The van der Waals surface area contributed by atoms with E-state index < -0.39 is 11.9 Å². The number of thiophene rings is 1. The van der Waals surface area contributed by atoms with E-state index in [2.05, 4.69) is 5.32 Å². The van der Waals surface area contributed by atoms with Crippen LogP contribution in [0.25, 0.3) is 0 Å². The smallest absolute Gasteiger partial charge is 0.346 e. The SMILES string of the molecule is COc1cccc2c1OCC(NC(=O)c1ccsc1C(=O)O)C2. The Balaban J connectivity index is 1.73. The minimum atomic E-state index is -1.10. The number of carbonyl (C=O) groups is 2. The Morgan fingerprint density at radius 3 is 2.96 bits per heavy atom. The summed E-state index contributed by atoms with van der Waals surface area (Å²) in [4.78, 5) is 23.4. The zero-order chi connectivity index (χ0) is 16.4. The van der Waals surface area contributed by atoms with Gasteiger partial charge in [0.05, 0.1) is 18.7 Å². The van der Waals surface area contributed by atoms with E-state index in [0.717, 1.165) is 16.9 Å². The van der Waals surface area contributed by atoms with Crippen LogP contribution >= 0.6 is 11.3 Å². The molecule has 0 fully saturated rings. The zero-order valence-electron chi connectivity index (χ0n) is 12.4.